The van der Waals surface area contributed by atoms with Crippen molar-refractivity contribution in [1.29, 1.82) is 0 Å². The van der Waals surface area contributed by atoms with Crippen LogP contribution in [0.3, 0.4) is 0 Å². The summed E-state index contributed by atoms with van der Waals surface area (Å²) >= 11 is 0. The lowest BCUT2D eigenvalue weighted by atomic mass is 10.0. The number of allylic oxidation sites excluding steroid dienone is 3. The number of ether oxygens (including phenoxy) is 1. The van der Waals surface area contributed by atoms with E-state index in [1.807, 2.05) is 43.6 Å². The van der Waals surface area contributed by atoms with Gasteiger partial charge in [-0.3, -0.25) is 4.68 Å². The summed E-state index contributed by atoms with van der Waals surface area (Å²) in [5, 5.41) is 17.8. The number of nitrogens with one attached hydrogen (secondary N) is 1. The highest BCUT2D eigenvalue weighted by atomic mass is 16.5. The number of rotatable bonds is 7. The zero-order valence-corrected chi connectivity index (χ0v) is 18.1. The smallest absolute Gasteiger partial charge is 0.241 e. The molecule has 2 aromatic heterocycles. The Hall–Kier alpha value is -4.19. The first kappa shape index (κ1) is 21.1. The van der Waals surface area contributed by atoms with Crippen molar-refractivity contribution >= 4 is 22.7 Å². The van der Waals surface area contributed by atoms with Crippen molar-refractivity contribution in [3.63, 3.8) is 0 Å². The van der Waals surface area contributed by atoms with Gasteiger partial charge in [0.15, 0.2) is 6.21 Å². The lowest BCUT2D eigenvalue weighted by Gasteiger charge is -2.09. The van der Waals surface area contributed by atoms with E-state index in [0.29, 0.717) is 12.5 Å². The summed E-state index contributed by atoms with van der Waals surface area (Å²) in [7, 11) is 1.82. The average Bonchev–Trinajstić information content (AvgIpc) is 3.18. The van der Waals surface area contributed by atoms with Gasteiger partial charge in [0.25, 0.3) is 0 Å². The van der Waals surface area contributed by atoms with Gasteiger partial charge in [-0.15, -0.1) is 5.10 Å². The van der Waals surface area contributed by atoms with Crippen LogP contribution in [0.5, 0.6) is 5.88 Å². The molecule has 160 valence electrons. The fraction of sp³-hybridized carbons (Fsp3) is 0.115. The van der Waals surface area contributed by atoms with Crippen molar-refractivity contribution < 1.29 is 9.89 Å². The first-order chi connectivity index (χ1) is 15.6. The maximum Gasteiger partial charge on any atom is 0.241 e. The maximum atomic E-state index is 10.6. The standard InChI is InChI=1S/C26H24N4O2/c1-4-20(13-14-27-31)23-16-30(3)29-26(23)32-17-19-9-11-21(12-10-19)25-18(2)15-22-7-5-6-8-24(22)28-25/h4-16,27H,1,17H2,2-3H3/b20-13+,27-14+. The Morgan fingerprint density at radius 2 is 1.97 bits per heavy atom. The lowest BCUT2D eigenvalue weighted by molar-refractivity contribution is -0.366. The molecule has 2 heterocycles. The Kier molecular flexibility index (Phi) is 6.12. The van der Waals surface area contributed by atoms with Crippen LogP contribution in [-0.2, 0) is 13.7 Å². The number of aryl methyl sites for hydroxylation is 2. The Labute approximate surface area is 186 Å². The van der Waals surface area contributed by atoms with E-state index in [9.17, 15) is 5.21 Å². The highest BCUT2D eigenvalue weighted by Gasteiger charge is 2.13. The average molecular weight is 425 g/mol. The summed E-state index contributed by atoms with van der Waals surface area (Å²) < 4.78 is 7.66. The summed E-state index contributed by atoms with van der Waals surface area (Å²) in [4.78, 5) is 4.85. The van der Waals surface area contributed by atoms with Gasteiger partial charge in [0.05, 0.1) is 16.8 Å². The third-order valence-corrected chi connectivity index (χ3v) is 5.17. The van der Waals surface area contributed by atoms with Gasteiger partial charge in [0.1, 0.15) is 6.61 Å². The molecule has 4 aromatic rings. The molecule has 0 aliphatic rings. The number of fused-ring (bicyclic) bond motifs is 1. The minimum Gasteiger partial charge on any atom is -0.625 e. The molecule has 0 fully saturated rings. The van der Waals surface area contributed by atoms with Gasteiger partial charge >= 0.3 is 0 Å². The van der Waals surface area contributed by atoms with Gasteiger partial charge in [-0.2, -0.15) is 0 Å². The van der Waals surface area contributed by atoms with E-state index in [-0.39, 0.29) is 0 Å². The van der Waals surface area contributed by atoms with Gasteiger partial charge in [0, 0.05) is 30.3 Å². The number of hydrogen-bond donors (Lipinski definition) is 1. The predicted octanol–water partition coefficient (Wildman–Crippen LogP) is 3.74. The minimum atomic E-state index is 0.363. The van der Waals surface area contributed by atoms with E-state index < -0.39 is 0 Å². The van der Waals surface area contributed by atoms with Crippen molar-refractivity contribution in [2.24, 2.45) is 7.05 Å². The monoisotopic (exact) mass is 424 g/mol. The van der Waals surface area contributed by atoms with Crippen LogP contribution in [0.1, 0.15) is 16.7 Å². The normalized spacial score (nSPS) is 11.9. The van der Waals surface area contributed by atoms with E-state index >= 15 is 0 Å². The Bertz CT molecular complexity index is 1320. The van der Waals surface area contributed by atoms with Crippen molar-refractivity contribution in [1.82, 2.24) is 14.8 Å². The summed E-state index contributed by atoms with van der Waals surface area (Å²) in [5.74, 6) is 0.481. The quantitative estimate of drug-likeness (QED) is 0.212. The molecular weight excluding hydrogens is 400 g/mol. The van der Waals surface area contributed by atoms with Crippen LogP contribution in [0, 0.1) is 12.1 Å². The van der Waals surface area contributed by atoms with Crippen LogP contribution in [-0.4, -0.2) is 21.0 Å². The van der Waals surface area contributed by atoms with E-state index in [1.165, 1.54) is 6.21 Å². The molecule has 0 amide bonds. The molecule has 0 radical (unpaired) electrons. The molecule has 32 heavy (non-hydrogen) atoms. The largest absolute Gasteiger partial charge is 0.625 e. The second-order valence-electron chi connectivity index (χ2n) is 7.46. The van der Waals surface area contributed by atoms with Crippen LogP contribution >= 0.6 is 0 Å². The number of nitrogens with zero attached hydrogens (tertiary/aromatic N) is 3. The molecule has 4 rings (SSSR count). The Morgan fingerprint density at radius 3 is 2.72 bits per heavy atom. The number of hydrogen-bond acceptors (Lipinski definition) is 4. The van der Waals surface area contributed by atoms with Crippen molar-refractivity contribution in [2.45, 2.75) is 13.5 Å². The minimum absolute atomic E-state index is 0.363. The van der Waals surface area contributed by atoms with Gasteiger partial charge in [-0.25, -0.2) is 10.1 Å². The number of para-hydroxylation sites is 1. The Balaban J connectivity index is 1.54. The highest BCUT2D eigenvalue weighted by Crippen LogP contribution is 2.27. The molecule has 0 saturated carbocycles. The first-order valence-corrected chi connectivity index (χ1v) is 10.2. The first-order valence-electron chi connectivity index (χ1n) is 10.2. The SMILES string of the molecule is C=C/C(=C\C=[NH+]\[O-])c1cn(C)nc1OCc1ccc(-c2nc3ccccc3cc2C)cc1. The Morgan fingerprint density at radius 1 is 1.19 bits per heavy atom. The number of aromatic nitrogens is 3. The predicted molar refractivity (Wildman–Crippen MR) is 128 cm³/mol. The second-order valence-corrected chi connectivity index (χ2v) is 7.46. The number of benzene rings is 2. The molecule has 0 saturated heterocycles. The van der Waals surface area contributed by atoms with Gasteiger partial charge < -0.3 is 9.94 Å². The fourth-order valence-corrected chi connectivity index (χ4v) is 3.59. The van der Waals surface area contributed by atoms with E-state index in [0.717, 1.165) is 44.4 Å². The van der Waals surface area contributed by atoms with E-state index in [1.54, 1.807) is 22.0 Å². The van der Waals surface area contributed by atoms with Gasteiger partial charge in [-0.05, 0) is 35.8 Å². The highest BCUT2D eigenvalue weighted by molar-refractivity contribution is 5.87. The molecular formula is C26H24N4O2. The van der Waals surface area contributed by atoms with Crippen molar-refractivity contribution in [2.75, 3.05) is 0 Å². The number of pyridine rings is 1. The molecule has 1 N–H and O–H groups in total. The lowest BCUT2D eigenvalue weighted by Crippen LogP contribution is -2.59. The summed E-state index contributed by atoms with van der Waals surface area (Å²) in [6.07, 6.45) is 6.43. The fourth-order valence-electron chi connectivity index (χ4n) is 3.59. The summed E-state index contributed by atoms with van der Waals surface area (Å²) in [6.45, 7) is 6.25. The molecule has 0 aliphatic heterocycles. The van der Waals surface area contributed by atoms with Crippen molar-refractivity contribution in [3.05, 3.63) is 101 Å². The van der Waals surface area contributed by atoms with Crippen LogP contribution < -0.4 is 9.89 Å². The molecule has 6 nitrogen and oxygen atoms in total. The molecule has 0 spiro atoms. The molecule has 2 aromatic carbocycles. The van der Waals surface area contributed by atoms with Crippen LogP contribution in [0.15, 0.2) is 79.5 Å². The molecule has 0 aliphatic carbocycles. The van der Waals surface area contributed by atoms with E-state index in [4.69, 9.17) is 9.72 Å². The van der Waals surface area contributed by atoms with Crippen LogP contribution in [0.2, 0.25) is 0 Å². The molecule has 6 heteroatoms. The zero-order chi connectivity index (χ0) is 22.5. The zero-order valence-electron chi connectivity index (χ0n) is 18.1. The third-order valence-electron chi connectivity index (χ3n) is 5.17. The maximum absolute atomic E-state index is 10.6. The third kappa shape index (κ3) is 4.44. The van der Waals surface area contributed by atoms with Crippen LogP contribution in [0.25, 0.3) is 27.7 Å². The van der Waals surface area contributed by atoms with E-state index in [2.05, 4.69) is 42.9 Å². The van der Waals surface area contributed by atoms with Crippen molar-refractivity contribution in [3.8, 4) is 17.1 Å². The van der Waals surface area contributed by atoms with Gasteiger partial charge in [0.2, 0.25) is 5.88 Å². The molecule has 0 atom stereocenters. The second kappa shape index (κ2) is 9.31. The topological polar surface area (TPSA) is 77.0 Å². The summed E-state index contributed by atoms with van der Waals surface area (Å²) in [5.41, 5.74) is 6.69. The summed E-state index contributed by atoms with van der Waals surface area (Å²) in [6, 6.07) is 18.5. The molecule has 0 bridgehead atoms. The molecule has 0 unspecified atom stereocenters. The van der Waals surface area contributed by atoms with Gasteiger partial charge in [-0.1, -0.05) is 55.1 Å². The van der Waals surface area contributed by atoms with Crippen LogP contribution in [0.4, 0.5) is 0 Å².